The first-order chi connectivity index (χ1) is 14.9. The second-order valence-corrected chi connectivity index (χ2v) is 9.43. The molecule has 0 saturated carbocycles. The number of likely N-dealkylation sites (tertiary alicyclic amines) is 2. The van der Waals surface area contributed by atoms with Crippen LogP contribution in [0.4, 0.5) is 18.9 Å². The van der Waals surface area contributed by atoms with E-state index < -0.39 is 11.7 Å². The van der Waals surface area contributed by atoms with Crippen LogP contribution >= 0.6 is 0 Å². The summed E-state index contributed by atoms with van der Waals surface area (Å²) in [6.07, 6.45) is 2.04. The maximum Gasteiger partial charge on any atom is 0.416 e. The van der Waals surface area contributed by atoms with E-state index >= 15 is 0 Å². The van der Waals surface area contributed by atoms with Crippen molar-refractivity contribution in [3.8, 4) is 0 Å². The van der Waals surface area contributed by atoms with Gasteiger partial charge in [-0.05, 0) is 76.5 Å². The van der Waals surface area contributed by atoms with Crippen LogP contribution in [0.25, 0.3) is 0 Å². The molecule has 0 aromatic heterocycles. The molecule has 0 spiro atoms. The number of rotatable bonds is 5. The van der Waals surface area contributed by atoms with Gasteiger partial charge in [0.15, 0.2) is 0 Å². The van der Waals surface area contributed by atoms with Gasteiger partial charge in [0.25, 0.3) is 0 Å². The summed E-state index contributed by atoms with van der Waals surface area (Å²) >= 11 is 0. The Bertz CT molecular complexity index is 694. The summed E-state index contributed by atoms with van der Waals surface area (Å²) in [7, 11) is 0. The van der Waals surface area contributed by atoms with Crippen molar-refractivity contribution < 1.29 is 13.2 Å². The van der Waals surface area contributed by atoms with E-state index in [1.807, 2.05) is 0 Å². The number of anilines is 1. The van der Waals surface area contributed by atoms with Crippen molar-refractivity contribution in [1.82, 2.24) is 14.7 Å². The van der Waals surface area contributed by atoms with Crippen LogP contribution in [0.5, 0.6) is 0 Å². The van der Waals surface area contributed by atoms with E-state index in [9.17, 15) is 13.2 Å². The molecule has 7 heteroatoms. The molecule has 3 aliphatic rings. The lowest BCUT2D eigenvalue weighted by molar-refractivity contribution is -0.137. The average molecular weight is 439 g/mol. The van der Waals surface area contributed by atoms with Crippen molar-refractivity contribution in [3.05, 3.63) is 29.8 Å². The number of nitrogens with zero attached hydrogens (tertiary/aromatic N) is 4. The Morgan fingerprint density at radius 3 is 2.29 bits per heavy atom. The predicted molar refractivity (Wildman–Crippen MR) is 120 cm³/mol. The number of piperazine rings is 1. The molecule has 1 atom stereocenters. The lowest BCUT2D eigenvalue weighted by Gasteiger charge is -2.47. The number of benzene rings is 1. The second-order valence-electron chi connectivity index (χ2n) is 9.43. The Morgan fingerprint density at radius 2 is 1.61 bits per heavy atom. The first kappa shape index (κ1) is 22.9. The normalized spacial score (nSPS) is 25.8. The van der Waals surface area contributed by atoms with Gasteiger partial charge in [-0.25, -0.2) is 0 Å². The van der Waals surface area contributed by atoms with Gasteiger partial charge in [-0.3, -0.25) is 9.80 Å². The fourth-order valence-electron chi connectivity index (χ4n) is 5.66. The van der Waals surface area contributed by atoms with E-state index in [1.165, 1.54) is 70.4 Å². The zero-order chi connectivity index (χ0) is 21.8. The third-order valence-electron chi connectivity index (χ3n) is 7.41. The predicted octanol–water partition coefficient (Wildman–Crippen LogP) is 4.17. The van der Waals surface area contributed by atoms with E-state index in [1.54, 1.807) is 6.07 Å². The summed E-state index contributed by atoms with van der Waals surface area (Å²) in [5.74, 6) is 0. The Hall–Kier alpha value is -1.31. The maximum absolute atomic E-state index is 13.1. The van der Waals surface area contributed by atoms with Crippen molar-refractivity contribution in [3.63, 3.8) is 0 Å². The Labute approximate surface area is 185 Å². The summed E-state index contributed by atoms with van der Waals surface area (Å²) in [5.41, 5.74) is 0.138. The zero-order valence-corrected chi connectivity index (χ0v) is 18.8. The molecule has 1 aromatic carbocycles. The summed E-state index contributed by atoms with van der Waals surface area (Å²) < 4.78 is 39.2. The van der Waals surface area contributed by atoms with Crippen LogP contribution in [0.2, 0.25) is 0 Å². The molecule has 4 rings (SSSR count). The van der Waals surface area contributed by atoms with Crippen molar-refractivity contribution >= 4 is 5.69 Å². The SMILES string of the molecule is CCCN1CCC(N2CCCC(N3CCN(c4cccc(C(F)(F)F)c4)CC3)C2)CC1. The molecule has 3 saturated heterocycles. The molecule has 1 aromatic rings. The van der Waals surface area contributed by atoms with Crippen LogP contribution in [-0.2, 0) is 6.18 Å². The first-order valence-electron chi connectivity index (χ1n) is 12.1. The number of piperidine rings is 2. The third kappa shape index (κ3) is 5.74. The van der Waals surface area contributed by atoms with E-state index in [0.29, 0.717) is 11.7 Å². The van der Waals surface area contributed by atoms with Crippen molar-refractivity contribution in [2.24, 2.45) is 0 Å². The van der Waals surface area contributed by atoms with Gasteiger partial charge in [-0.2, -0.15) is 13.2 Å². The summed E-state index contributed by atoms with van der Waals surface area (Å²) in [6.45, 7) is 11.8. The van der Waals surface area contributed by atoms with Gasteiger partial charge in [0, 0.05) is 50.5 Å². The monoisotopic (exact) mass is 438 g/mol. The van der Waals surface area contributed by atoms with Gasteiger partial charge in [-0.15, -0.1) is 0 Å². The molecule has 3 fully saturated rings. The highest BCUT2D eigenvalue weighted by atomic mass is 19.4. The highest BCUT2D eigenvalue weighted by molar-refractivity contribution is 5.49. The Balaban J connectivity index is 1.28. The van der Waals surface area contributed by atoms with Gasteiger partial charge in [0.05, 0.1) is 5.56 Å². The van der Waals surface area contributed by atoms with Crippen LogP contribution in [0.1, 0.15) is 44.6 Å². The highest BCUT2D eigenvalue weighted by Crippen LogP contribution is 2.32. The average Bonchev–Trinajstić information content (AvgIpc) is 2.80. The molecule has 174 valence electrons. The van der Waals surface area contributed by atoms with E-state index in [2.05, 4.69) is 26.5 Å². The number of halogens is 3. The number of hydrogen-bond donors (Lipinski definition) is 0. The van der Waals surface area contributed by atoms with E-state index in [4.69, 9.17) is 0 Å². The standard InChI is InChI=1S/C24H37F3N4/c1-2-10-28-12-8-21(9-13-28)31-11-4-7-23(19-31)30-16-14-29(15-17-30)22-6-3-5-20(18-22)24(25,26)27/h3,5-6,18,21,23H,2,4,7-17,19H2,1H3. The molecule has 0 N–H and O–H groups in total. The van der Waals surface area contributed by atoms with Crippen molar-refractivity contribution in [1.29, 1.82) is 0 Å². The van der Waals surface area contributed by atoms with Crippen LogP contribution in [0.15, 0.2) is 24.3 Å². The van der Waals surface area contributed by atoms with Crippen molar-refractivity contribution in [2.75, 3.05) is 63.8 Å². The van der Waals surface area contributed by atoms with Crippen LogP contribution in [0.3, 0.4) is 0 Å². The first-order valence-corrected chi connectivity index (χ1v) is 12.1. The molecule has 3 heterocycles. The number of alkyl halides is 3. The molecule has 0 radical (unpaired) electrons. The minimum atomic E-state index is -4.28. The molecule has 0 aliphatic carbocycles. The zero-order valence-electron chi connectivity index (χ0n) is 18.8. The quantitative estimate of drug-likeness (QED) is 0.684. The molecular formula is C24H37F3N4. The van der Waals surface area contributed by atoms with Gasteiger partial charge in [0.1, 0.15) is 0 Å². The van der Waals surface area contributed by atoms with Gasteiger partial charge in [-0.1, -0.05) is 13.0 Å². The molecule has 3 aliphatic heterocycles. The van der Waals surface area contributed by atoms with Crippen LogP contribution in [-0.4, -0.2) is 85.7 Å². The van der Waals surface area contributed by atoms with Gasteiger partial charge < -0.3 is 9.80 Å². The van der Waals surface area contributed by atoms with E-state index in [0.717, 1.165) is 44.8 Å². The van der Waals surface area contributed by atoms with Crippen LogP contribution in [0, 0.1) is 0 Å². The Morgan fingerprint density at radius 1 is 0.871 bits per heavy atom. The molecule has 0 bridgehead atoms. The fourth-order valence-corrected chi connectivity index (χ4v) is 5.66. The smallest absolute Gasteiger partial charge is 0.369 e. The highest BCUT2D eigenvalue weighted by Gasteiger charge is 2.33. The summed E-state index contributed by atoms with van der Waals surface area (Å²) in [5, 5.41) is 0. The minimum Gasteiger partial charge on any atom is -0.369 e. The molecular weight excluding hydrogens is 401 g/mol. The maximum atomic E-state index is 13.1. The van der Waals surface area contributed by atoms with Gasteiger partial charge in [0.2, 0.25) is 0 Å². The Kier molecular flexibility index (Phi) is 7.44. The van der Waals surface area contributed by atoms with Crippen LogP contribution < -0.4 is 4.90 Å². The molecule has 1 unspecified atom stereocenters. The molecule has 4 nitrogen and oxygen atoms in total. The number of hydrogen-bond acceptors (Lipinski definition) is 4. The lowest BCUT2D eigenvalue weighted by atomic mass is 9.96. The third-order valence-corrected chi connectivity index (χ3v) is 7.41. The lowest BCUT2D eigenvalue weighted by Crippen LogP contribution is -2.57. The van der Waals surface area contributed by atoms with Crippen molar-refractivity contribution in [2.45, 2.75) is 57.3 Å². The second kappa shape index (κ2) is 10.1. The topological polar surface area (TPSA) is 13.0 Å². The molecule has 0 amide bonds. The summed E-state index contributed by atoms with van der Waals surface area (Å²) in [4.78, 5) is 10.0. The fraction of sp³-hybridized carbons (Fsp3) is 0.750. The summed E-state index contributed by atoms with van der Waals surface area (Å²) in [6, 6.07) is 7.09. The van der Waals surface area contributed by atoms with Gasteiger partial charge >= 0.3 is 6.18 Å². The van der Waals surface area contributed by atoms with E-state index in [-0.39, 0.29) is 0 Å². The largest absolute Gasteiger partial charge is 0.416 e. The minimum absolute atomic E-state index is 0.555. The molecule has 31 heavy (non-hydrogen) atoms.